The second-order valence-corrected chi connectivity index (χ2v) is 5.57. The number of carbonyl (C=O) groups is 2. The zero-order valence-electron chi connectivity index (χ0n) is 15.6. The van der Waals surface area contributed by atoms with Crippen molar-refractivity contribution in [3.63, 3.8) is 0 Å². The maximum absolute atomic E-state index is 12.0. The second kappa shape index (κ2) is 9.42. The Hall–Kier alpha value is -3.29. The normalized spacial score (nSPS) is 11.9. The number of carbonyl (C=O) groups excluding carboxylic acids is 2. The summed E-state index contributed by atoms with van der Waals surface area (Å²) in [6.07, 6.45) is 1.81. The number of rotatable bonds is 8. The maximum atomic E-state index is 12.0. The number of aromatic nitrogens is 1. The van der Waals surface area contributed by atoms with Gasteiger partial charge in [-0.1, -0.05) is 11.2 Å². The molecule has 0 unspecified atom stereocenters. The van der Waals surface area contributed by atoms with E-state index in [4.69, 9.17) is 18.7 Å². The highest BCUT2D eigenvalue weighted by Gasteiger charge is 2.18. The van der Waals surface area contributed by atoms with Gasteiger partial charge in [0.2, 0.25) is 0 Å². The van der Waals surface area contributed by atoms with Crippen LogP contribution in [0.4, 0.5) is 5.82 Å². The number of benzene rings is 1. The molecule has 0 aliphatic rings. The van der Waals surface area contributed by atoms with Crippen LogP contribution in [0.1, 0.15) is 25.2 Å². The molecule has 2 rings (SSSR count). The van der Waals surface area contributed by atoms with Crippen LogP contribution in [0.15, 0.2) is 34.9 Å². The van der Waals surface area contributed by atoms with Gasteiger partial charge in [0.05, 0.1) is 13.7 Å². The highest BCUT2D eigenvalue weighted by atomic mass is 16.5. The molecule has 0 saturated heterocycles. The highest BCUT2D eigenvalue weighted by molar-refractivity contribution is 5.96. The summed E-state index contributed by atoms with van der Waals surface area (Å²) in [7, 11) is 1.54. The predicted molar refractivity (Wildman–Crippen MR) is 98.6 cm³/mol. The van der Waals surface area contributed by atoms with Crippen molar-refractivity contribution in [1.29, 1.82) is 0 Å². The molecule has 1 amide bonds. The highest BCUT2D eigenvalue weighted by Crippen LogP contribution is 2.28. The van der Waals surface area contributed by atoms with Gasteiger partial charge in [-0.3, -0.25) is 4.79 Å². The molecule has 0 saturated carbocycles. The molecule has 0 aliphatic carbocycles. The fourth-order valence-corrected chi connectivity index (χ4v) is 2.15. The van der Waals surface area contributed by atoms with Crippen molar-refractivity contribution in [2.24, 2.45) is 0 Å². The van der Waals surface area contributed by atoms with E-state index in [0.29, 0.717) is 23.9 Å². The van der Waals surface area contributed by atoms with Crippen molar-refractivity contribution in [3.8, 4) is 11.5 Å². The zero-order chi connectivity index (χ0) is 19.8. The fourth-order valence-electron chi connectivity index (χ4n) is 2.15. The topological polar surface area (TPSA) is 99.9 Å². The Morgan fingerprint density at radius 1 is 1.30 bits per heavy atom. The summed E-state index contributed by atoms with van der Waals surface area (Å²) in [6.45, 7) is 5.57. The molecule has 0 aliphatic heterocycles. The van der Waals surface area contributed by atoms with Crippen molar-refractivity contribution in [1.82, 2.24) is 5.16 Å². The molecule has 1 N–H and O–H groups in total. The molecule has 144 valence electrons. The fraction of sp³-hybridized carbons (Fsp3) is 0.316. The third kappa shape index (κ3) is 5.88. The van der Waals surface area contributed by atoms with E-state index in [1.165, 1.54) is 20.1 Å². The Kier molecular flexibility index (Phi) is 6.99. The molecule has 8 heteroatoms. The molecular formula is C19H22N2O6. The van der Waals surface area contributed by atoms with Crippen molar-refractivity contribution >= 4 is 23.8 Å². The third-order valence-corrected chi connectivity index (χ3v) is 3.44. The van der Waals surface area contributed by atoms with Gasteiger partial charge in [-0.2, -0.15) is 0 Å². The largest absolute Gasteiger partial charge is 0.493 e. The minimum Gasteiger partial charge on any atom is -0.493 e. The minimum atomic E-state index is -0.992. The van der Waals surface area contributed by atoms with Crippen LogP contribution in [0.3, 0.4) is 0 Å². The van der Waals surface area contributed by atoms with Crippen LogP contribution in [0.2, 0.25) is 0 Å². The zero-order valence-corrected chi connectivity index (χ0v) is 15.6. The van der Waals surface area contributed by atoms with Crippen molar-refractivity contribution in [2.45, 2.75) is 26.9 Å². The summed E-state index contributed by atoms with van der Waals surface area (Å²) < 4.78 is 20.6. The van der Waals surface area contributed by atoms with Gasteiger partial charge in [0.1, 0.15) is 5.76 Å². The molecule has 1 aromatic heterocycles. The van der Waals surface area contributed by atoms with Crippen LogP contribution in [-0.4, -0.2) is 36.9 Å². The average Bonchev–Trinajstić information content (AvgIpc) is 3.05. The van der Waals surface area contributed by atoms with E-state index in [1.54, 1.807) is 37.3 Å². The van der Waals surface area contributed by atoms with E-state index in [9.17, 15) is 9.59 Å². The van der Waals surface area contributed by atoms with E-state index in [2.05, 4.69) is 10.5 Å². The van der Waals surface area contributed by atoms with Gasteiger partial charge in [0, 0.05) is 12.1 Å². The number of anilines is 1. The molecule has 1 heterocycles. The Balaban J connectivity index is 1.93. The summed E-state index contributed by atoms with van der Waals surface area (Å²) in [5.74, 6) is 0.840. The SMILES string of the molecule is CCOc1ccc(/C=C/C(=O)O[C@@H](C)C(=O)Nc2cc(C)on2)cc1OC. The number of hydrogen-bond donors (Lipinski definition) is 1. The van der Waals surface area contributed by atoms with Crippen LogP contribution >= 0.6 is 0 Å². The quantitative estimate of drug-likeness (QED) is 0.560. The number of nitrogens with zero attached hydrogens (tertiary/aromatic N) is 1. The molecule has 0 fully saturated rings. The summed E-state index contributed by atoms with van der Waals surface area (Å²) in [5, 5.41) is 6.15. The van der Waals surface area contributed by atoms with Gasteiger partial charge in [-0.15, -0.1) is 0 Å². The predicted octanol–water partition coefficient (Wildman–Crippen LogP) is 2.97. The van der Waals surface area contributed by atoms with Crippen molar-refractivity contribution < 1.29 is 28.3 Å². The molecule has 27 heavy (non-hydrogen) atoms. The van der Waals surface area contributed by atoms with E-state index < -0.39 is 18.0 Å². The Bertz CT molecular complexity index is 827. The summed E-state index contributed by atoms with van der Waals surface area (Å²) in [6, 6.07) is 6.83. The Labute approximate surface area is 157 Å². The van der Waals surface area contributed by atoms with E-state index >= 15 is 0 Å². The number of aryl methyl sites for hydroxylation is 1. The van der Waals surface area contributed by atoms with Gasteiger partial charge in [-0.25, -0.2) is 4.79 Å². The molecule has 0 bridgehead atoms. The van der Waals surface area contributed by atoms with E-state index in [1.807, 2.05) is 6.92 Å². The first kappa shape index (κ1) is 20.0. The van der Waals surface area contributed by atoms with Gasteiger partial charge in [-0.05, 0) is 44.5 Å². The van der Waals surface area contributed by atoms with Gasteiger partial charge < -0.3 is 24.1 Å². The number of amides is 1. The van der Waals surface area contributed by atoms with Gasteiger partial charge in [0.15, 0.2) is 23.4 Å². The number of esters is 1. The number of ether oxygens (including phenoxy) is 3. The van der Waals surface area contributed by atoms with Gasteiger partial charge >= 0.3 is 5.97 Å². The van der Waals surface area contributed by atoms with E-state index in [-0.39, 0.29) is 5.82 Å². The third-order valence-electron chi connectivity index (χ3n) is 3.44. The molecule has 0 spiro atoms. The van der Waals surface area contributed by atoms with Gasteiger partial charge in [0.25, 0.3) is 5.91 Å². The number of hydrogen-bond acceptors (Lipinski definition) is 7. The number of nitrogens with one attached hydrogen (secondary N) is 1. The Morgan fingerprint density at radius 3 is 2.70 bits per heavy atom. The van der Waals surface area contributed by atoms with Crippen molar-refractivity contribution in [2.75, 3.05) is 19.0 Å². The molecule has 1 aromatic carbocycles. The van der Waals surface area contributed by atoms with Crippen LogP contribution in [-0.2, 0) is 14.3 Å². The summed E-state index contributed by atoms with van der Waals surface area (Å²) in [5.41, 5.74) is 0.724. The molecule has 1 atom stereocenters. The molecular weight excluding hydrogens is 352 g/mol. The monoisotopic (exact) mass is 374 g/mol. The Morgan fingerprint density at radius 2 is 2.07 bits per heavy atom. The second-order valence-electron chi connectivity index (χ2n) is 5.57. The van der Waals surface area contributed by atoms with E-state index in [0.717, 1.165) is 5.56 Å². The first-order chi connectivity index (χ1) is 12.9. The summed E-state index contributed by atoms with van der Waals surface area (Å²) in [4.78, 5) is 23.9. The minimum absolute atomic E-state index is 0.262. The lowest BCUT2D eigenvalue weighted by Crippen LogP contribution is -2.29. The standard InChI is InChI=1S/C19H22N2O6/c1-5-25-15-8-6-14(11-16(15)24-4)7-9-18(22)26-13(3)19(23)20-17-10-12(2)27-21-17/h6-11,13H,5H2,1-4H3,(H,20,21,23)/b9-7+/t13-/m0/s1. The first-order valence-electron chi connectivity index (χ1n) is 8.36. The lowest BCUT2D eigenvalue weighted by molar-refractivity contribution is -0.148. The van der Waals surface area contributed by atoms with Crippen LogP contribution in [0.25, 0.3) is 6.08 Å². The molecule has 2 aromatic rings. The summed E-state index contributed by atoms with van der Waals surface area (Å²) >= 11 is 0. The van der Waals surface area contributed by atoms with Crippen LogP contribution < -0.4 is 14.8 Å². The van der Waals surface area contributed by atoms with Crippen LogP contribution in [0.5, 0.6) is 11.5 Å². The molecule has 0 radical (unpaired) electrons. The average molecular weight is 374 g/mol. The first-order valence-corrected chi connectivity index (χ1v) is 8.36. The number of methoxy groups -OCH3 is 1. The maximum Gasteiger partial charge on any atom is 0.331 e. The van der Waals surface area contributed by atoms with Crippen LogP contribution in [0, 0.1) is 6.92 Å². The lowest BCUT2D eigenvalue weighted by atomic mass is 10.2. The molecule has 8 nitrogen and oxygen atoms in total. The smallest absolute Gasteiger partial charge is 0.331 e. The lowest BCUT2D eigenvalue weighted by Gasteiger charge is -2.11. The van der Waals surface area contributed by atoms with Crippen molar-refractivity contribution in [3.05, 3.63) is 41.7 Å².